The molecular formula is C13H14F3NO4. The van der Waals surface area contributed by atoms with Crippen molar-refractivity contribution in [3.8, 4) is 11.5 Å². The molecule has 0 aliphatic heterocycles. The summed E-state index contributed by atoms with van der Waals surface area (Å²) in [7, 11) is 2.80. The van der Waals surface area contributed by atoms with Gasteiger partial charge in [-0.1, -0.05) is 0 Å². The van der Waals surface area contributed by atoms with Crippen molar-refractivity contribution in [2.24, 2.45) is 0 Å². The normalized spacial score (nSPS) is 20.9. The minimum Gasteiger partial charge on any atom is -0.493 e. The quantitative estimate of drug-likeness (QED) is 0.894. The highest BCUT2D eigenvalue weighted by atomic mass is 19.4. The molecule has 0 spiro atoms. The van der Waals surface area contributed by atoms with Crippen LogP contribution in [0.15, 0.2) is 12.1 Å². The van der Waals surface area contributed by atoms with Crippen LogP contribution in [0.1, 0.15) is 29.7 Å². The van der Waals surface area contributed by atoms with Gasteiger partial charge in [-0.15, -0.1) is 0 Å². The fraction of sp³-hybridized carbons (Fsp3) is 0.462. The maximum Gasteiger partial charge on any atom is 0.471 e. The Morgan fingerprint density at radius 1 is 1.24 bits per heavy atom. The van der Waals surface area contributed by atoms with E-state index in [1.165, 1.54) is 26.4 Å². The molecule has 21 heavy (non-hydrogen) atoms. The first-order chi connectivity index (χ1) is 9.77. The van der Waals surface area contributed by atoms with E-state index in [0.717, 1.165) is 0 Å². The van der Waals surface area contributed by atoms with Gasteiger partial charge in [0.15, 0.2) is 11.5 Å². The smallest absolute Gasteiger partial charge is 0.471 e. The van der Waals surface area contributed by atoms with Crippen molar-refractivity contribution in [3.63, 3.8) is 0 Å². The summed E-state index contributed by atoms with van der Waals surface area (Å²) in [4.78, 5) is 11.0. The molecule has 0 bridgehead atoms. The molecule has 1 aromatic carbocycles. The lowest BCUT2D eigenvalue weighted by Gasteiger charge is -2.16. The summed E-state index contributed by atoms with van der Waals surface area (Å²) in [6.07, 6.45) is -5.98. The molecule has 0 unspecified atom stereocenters. The number of carbonyl (C=O) groups excluding carboxylic acids is 1. The van der Waals surface area contributed by atoms with Gasteiger partial charge in [-0.2, -0.15) is 13.2 Å². The maximum atomic E-state index is 12.3. The lowest BCUT2D eigenvalue weighted by atomic mass is 10.1. The first kappa shape index (κ1) is 15.4. The molecule has 2 rings (SSSR count). The highest BCUT2D eigenvalue weighted by molar-refractivity contribution is 5.82. The largest absolute Gasteiger partial charge is 0.493 e. The second-order valence-electron chi connectivity index (χ2n) is 4.61. The molecule has 2 atom stereocenters. The zero-order chi connectivity index (χ0) is 15.8. The zero-order valence-corrected chi connectivity index (χ0v) is 11.3. The summed E-state index contributed by atoms with van der Waals surface area (Å²) < 4.78 is 47.1. The van der Waals surface area contributed by atoms with Crippen LogP contribution in [0.25, 0.3) is 0 Å². The number of aliphatic hydroxyl groups excluding tert-OH is 1. The van der Waals surface area contributed by atoms with Crippen LogP contribution in [0.2, 0.25) is 0 Å². The topological polar surface area (TPSA) is 67.8 Å². The molecule has 2 N–H and O–H groups in total. The lowest BCUT2D eigenvalue weighted by Crippen LogP contribution is -2.38. The second kappa shape index (κ2) is 5.44. The van der Waals surface area contributed by atoms with E-state index in [1.54, 1.807) is 0 Å². The Hall–Kier alpha value is -1.96. The molecule has 1 aromatic rings. The average molecular weight is 305 g/mol. The summed E-state index contributed by atoms with van der Waals surface area (Å²) >= 11 is 0. The molecule has 0 heterocycles. The van der Waals surface area contributed by atoms with E-state index in [0.29, 0.717) is 22.6 Å². The van der Waals surface area contributed by atoms with Crippen LogP contribution in [0.3, 0.4) is 0 Å². The zero-order valence-electron chi connectivity index (χ0n) is 11.3. The molecule has 0 aromatic heterocycles. The van der Waals surface area contributed by atoms with Crippen LogP contribution in [0, 0.1) is 0 Å². The summed E-state index contributed by atoms with van der Waals surface area (Å²) in [5.74, 6) is -1.36. The first-order valence-corrected chi connectivity index (χ1v) is 6.09. The number of alkyl halides is 3. The fourth-order valence-corrected chi connectivity index (χ4v) is 2.35. The van der Waals surface area contributed by atoms with Crippen LogP contribution >= 0.6 is 0 Å². The first-order valence-electron chi connectivity index (χ1n) is 6.09. The molecule has 0 radical (unpaired) electrons. The van der Waals surface area contributed by atoms with Gasteiger partial charge in [0, 0.05) is 6.42 Å². The van der Waals surface area contributed by atoms with E-state index in [4.69, 9.17) is 9.47 Å². The third-order valence-electron chi connectivity index (χ3n) is 3.35. The van der Waals surface area contributed by atoms with E-state index in [9.17, 15) is 23.1 Å². The minimum absolute atomic E-state index is 0.0343. The SMILES string of the molecule is COc1cc2c(cc1OC)[C@@H](O)C[C@@H]2NC(=O)C(F)(F)F. The predicted octanol–water partition coefficient (Wildman–Crippen LogP) is 1.86. The van der Waals surface area contributed by atoms with Gasteiger partial charge in [-0.05, 0) is 23.3 Å². The third-order valence-corrected chi connectivity index (χ3v) is 3.35. The molecular weight excluding hydrogens is 291 g/mol. The number of carbonyl (C=O) groups is 1. The van der Waals surface area contributed by atoms with E-state index in [2.05, 4.69) is 0 Å². The molecule has 1 aliphatic rings. The van der Waals surface area contributed by atoms with Crippen molar-refractivity contribution in [1.29, 1.82) is 0 Å². The number of rotatable bonds is 3. The number of nitrogens with one attached hydrogen (secondary N) is 1. The highest BCUT2D eigenvalue weighted by Crippen LogP contribution is 2.44. The van der Waals surface area contributed by atoms with Crippen LogP contribution in [-0.4, -0.2) is 31.4 Å². The number of aliphatic hydroxyl groups is 1. The summed E-state index contributed by atoms with van der Waals surface area (Å²) in [6.45, 7) is 0. The van der Waals surface area contributed by atoms with Gasteiger partial charge in [-0.25, -0.2) is 0 Å². The van der Waals surface area contributed by atoms with E-state index in [-0.39, 0.29) is 6.42 Å². The van der Waals surface area contributed by atoms with Gasteiger partial charge in [0.1, 0.15) is 0 Å². The molecule has 0 saturated carbocycles. The fourth-order valence-electron chi connectivity index (χ4n) is 2.35. The van der Waals surface area contributed by atoms with Gasteiger partial charge in [0.05, 0.1) is 26.4 Å². The number of benzene rings is 1. The average Bonchev–Trinajstić information content (AvgIpc) is 2.72. The Bertz CT molecular complexity index is 559. The number of methoxy groups -OCH3 is 2. The van der Waals surface area contributed by atoms with E-state index in [1.807, 2.05) is 5.32 Å². The van der Waals surface area contributed by atoms with Crippen LogP contribution < -0.4 is 14.8 Å². The van der Waals surface area contributed by atoms with Crippen molar-refractivity contribution >= 4 is 5.91 Å². The Morgan fingerprint density at radius 3 is 2.24 bits per heavy atom. The van der Waals surface area contributed by atoms with E-state index < -0.39 is 24.2 Å². The van der Waals surface area contributed by atoms with Crippen LogP contribution in [0.5, 0.6) is 11.5 Å². The van der Waals surface area contributed by atoms with Crippen molar-refractivity contribution in [1.82, 2.24) is 5.32 Å². The molecule has 5 nitrogen and oxygen atoms in total. The lowest BCUT2D eigenvalue weighted by molar-refractivity contribution is -0.174. The molecule has 1 aliphatic carbocycles. The number of hydrogen-bond acceptors (Lipinski definition) is 4. The Labute approximate surface area is 118 Å². The van der Waals surface area contributed by atoms with Gasteiger partial charge in [0.25, 0.3) is 0 Å². The highest BCUT2D eigenvalue weighted by Gasteiger charge is 2.42. The minimum atomic E-state index is -4.97. The Balaban J connectivity index is 2.34. The van der Waals surface area contributed by atoms with E-state index >= 15 is 0 Å². The van der Waals surface area contributed by atoms with Crippen LogP contribution in [-0.2, 0) is 4.79 Å². The number of halogens is 3. The van der Waals surface area contributed by atoms with Crippen molar-refractivity contribution in [2.75, 3.05) is 14.2 Å². The summed E-state index contributed by atoms with van der Waals surface area (Å²) in [5, 5.41) is 11.8. The monoisotopic (exact) mass is 305 g/mol. The van der Waals surface area contributed by atoms with Crippen molar-refractivity contribution < 1.29 is 32.5 Å². The number of ether oxygens (including phenoxy) is 2. The molecule has 116 valence electrons. The van der Waals surface area contributed by atoms with Gasteiger partial charge >= 0.3 is 12.1 Å². The molecule has 0 saturated heterocycles. The Kier molecular flexibility index (Phi) is 3.99. The van der Waals surface area contributed by atoms with Crippen molar-refractivity contribution in [2.45, 2.75) is 24.7 Å². The third kappa shape index (κ3) is 2.90. The van der Waals surface area contributed by atoms with Gasteiger partial charge in [0.2, 0.25) is 0 Å². The molecule has 1 amide bonds. The van der Waals surface area contributed by atoms with Gasteiger partial charge < -0.3 is 19.9 Å². The number of amides is 1. The second-order valence-corrected chi connectivity index (χ2v) is 4.61. The number of hydrogen-bond donors (Lipinski definition) is 2. The predicted molar refractivity (Wildman–Crippen MR) is 66.1 cm³/mol. The standard InChI is InChI=1S/C13H14F3NO4/c1-20-10-3-6-7(4-11(10)21-2)9(18)5-8(6)17-12(19)13(14,15)16/h3-4,8-9,18H,5H2,1-2H3,(H,17,19)/t8-,9-/m0/s1. The molecule has 0 fully saturated rings. The summed E-state index contributed by atoms with van der Waals surface area (Å²) in [6, 6.07) is 2.04. The van der Waals surface area contributed by atoms with Crippen molar-refractivity contribution in [3.05, 3.63) is 23.3 Å². The van der Waals surface area contributed by atoms with Gasteiger partial charge in [-0.3, -0.25) is 4.79 Å². The summed E-state index contributed by atoms with van der Waals surface area (Å²) in [5.41, 5.74) is 0.804. The molecule has 8 heteroatoms. The van der Waals surface area contributed by atoms with Crippen LogP contribution in [0.4, 0.5) is 13.2 Å². The number of fused-ring (bicyclic) bond motifs is 1. The maximum absolute atomic E-state index is 12.3. The Morgan fingerprint density at radius 2 is 1.76 bits per heavy atom.